The molecule has 0 aliphatic carbocycles. The Morgan fingerprint density at radius 3 is 2.58 bits per heavy atom. The van der Waals surface area contributed by atoms with Crippen LogP contribution < -0.4 is 0 Å². The molecule has 0 spiro atoms. The molecule has 26 heavy (non-hydrogen) atoms. The first-order chi connectivity index (χ1) is 12.4. The van der Waals surface area contributed by atoms with Crippen LogP contribution in [0.5, 0.6) is 0 Å². The average Bonchev–Trinajstić information content (AvgIpc) is 3.01. The summed E-state index contributed by atoms with van der Waals surface area (Å²) in [5.74, 6) is 0.935. The van der Waals surface area contributed by atoms with Gasteiger partial charge in [-0.05, 0) is 44.0 Å². The van der Waals surface area contributed by atoms with Crippen LogP contribution >= 0.6 is 0 Å². The molecule has 4 heterocycles. The SMILES string of the molecule is Cc1nc(S(=O)(=O)N2CCC(c3ccc4cccnc4n3)CC2)cn1C. The van der Waals surface area contributed by atoms with Crippen LogP contribution in [0.15, 0.2) is 41.7 Å². The molecule has 0 radical (unpaired) electrons. The van der Waals surface area contributed by atoms with Gasteiger partial charge in [-0.2, -0.15) is 4.31 Å². The number of piperidine rings is 1. The first-order valence-electron chi connectivity index (χ1n) is 8.67. The molecule has 7 nitrogen and oxygen atoms in total. The molecule has 0 bridgehead atoms. The van der Waals surface area contributed by atoms with Gasteiger partial charge in [0.25, 0.3) is 10.0 Å². The summed E-state index contributed by atoms with van der Waals surface area (Å²) in [6.07, 6.45) is 4.81. The van der Waals surface area contributed by atoms with Gasteiger partial charge in [0.05, 0.1) is 0 Å². The van der Waals surface area contributed by atoms with E-state index in [0.29, 0.717) is 18.9 Å². The molecule has 0 atom stereocenters. The monoisotopic (exact) mass is 371 g/mol. The van der Waals surface area contributed by atoms with Crippen LogP contribution in [0.3, 0.4) is 0 Å². The molecule has 0 amide bonds. The fourth-order valence-electron chi connectivity index (χ4n) is 3.37. The number of nitrogens with zero attached hydrogens (tertiary/aromatic N) is 5. The topological polar surface area (TPSA) is 81.0 Å². The molecule has 136 valence electrons. The Labute approximate surface area is 152 Å². The number of aromatic nitrogens is 4. The summed E-state index contributed by atoms with van der Waals surface area (Å²) in [6.45, 7) is 2.75. The van der Waals surface area contributed by atoms with Crippen molar-refractivity contribution in [1.29, 1.82) is 0 Å². The summed E-state index contributed by atoms with van der Waals surface area (Å²) in [7, 11) is -1.74. The summed E-state index contributed by atoms with van der Waals surface area (Å²) in [6, 6.07) is 7.95. The van der Waals surface area contributed by atoms with Crippen molar-refractivity contribution in [1.82, 2.24) is 23.8 Å². The third kappa shape index (κ3) is 2.99. The fraction of sp³-hybridized carbons (Fsp3) is 0.389. The van der Waals surface area contributed by atoms with Gasteiger partial charge in [-0.15, -0.1) is 0 Å². The largest absolute Gasteiger partial charge is 0.337 e. The molecular formula is C18H21N5O2S. The molecule has 3 aromatic heterocycles. The second-order valence-electron chi connectivity index (χ2n) is 6.70. The Morgan fingerprint density at radius 2 is 1.88 bits per heavy atom. The number of pyridine rings is 2. The van der Waals surface area contributed by atoms with E-state index in [1.807, 2.05) is 24.3 Å². The zero-order chi connectivity index (χ0) is 18.3. The molecule has 1 fully saturated rings. The number of fused-ring (bicyclic) bond motifs is 1. The fourth-order valence-corrected chi connectivity index (χ4v) is 4.86. The number of rotatable bonds is 3. The van der Waals surface area contributed by atoms with Crippen molar-refractivity contribution in [2.24, 2.45) is 7.05 Å². The first-order valence-corrected chi connectivity index (χ1v) is 10.1. The van der Waals surface area contributed by atoms with Crippen LogP contribution in [-0.4, -0.2) is 45.3 Å². The number of hydrogen-bond acceptors (Lipinski definition) is 5. The zero-order valence-electron chi connectivity index (χ0n) is 14.8. The lowest BCUT2D eigenvalue weighted by Gasteiger charge is -2.30. The molecule has 1 aliphatic rings. The molecule has 4 rings (SSSR count). The van der Waals surface area contributed by atoms with Crippen molar-refractivity contribution in [2.45, 2.75) is 30.7 Å². The highest BCUT2D eigenvalue weighted by molar-refractivity contribution is 7.89. The van der Waals surface area contributed by atoms with E-state index < -0.39 is 10.0 Å². The van der Waals surface area contributed by atoms with Crippen molar-refractivity contribution >= 4 is 21.1 Å². The van der Waals surface area contributed by atoms with Gasteiger partial charge in [-0.3, -0.25) is 0 Å². The molecule has 8 heteroatoms. The Bertz CT molecular complexity index is 1030. The highest BCUT2D eigenvalue weighted by Gasteiger charge is 2.32. The molecule has 0 N–H and O–H groups in total. The highest BCUT2D eigenvalue weighted by Crippen LogP contribution is 2.30. The summed E-state index contributed by atoms with van der Waals surface area (Å²) in [5.41, 5.74) is 1.73. The van der Waals surface area contributed by atoms with E-state index in [4.69, 9.17) is 0 Å². The van der Waals surface area contributed by atoms with E-state index in [0.717, 1.165) is 29.6 Å². The van der Waals surface area contributed by atoms with E-state index in [1.165, 1.54) is 4.31 Å². The number of hydrogen-bond donors (Lipinski definition) is 0. The van der Waals surface area contributed by atoms with Gasteiger partial charge < -0.3 is 4.57 Å². The standard InChI is InChI=1S/C18H21N5O2S/c1-13-20-17(12-22(13)2)26(24,25)23-10-7-14(8-11-23)16-6-5-15-4-3-9-19-18(15)21-16/h3-6,9,12,14H,7-8,10-11H2,1-2H3. The van der Waals surface area contributed by atoms with Gasteiger partial charge in [-0.1, -0.05) is 0 Å². The molecule has 0 aromatic carbocycles. The van der Waals surface area contributed by atoms with Crippen molar-refractivity contribution < 1.29 is 8.42 Å². The van der Waals surface area contributed by atoms with E-state index in [-0.39, 0.29) is 10.9 Å². The Balaban J connectivity index is 1.51. The van der Waals surface area contributed by atoms with Gasteiger partial charge >= 0.3 is 0 Å². The maximum Gasteiger partial charge on any atom is 0.262 e. The van der Waals surface area contributed by atoms with Gasteiger partial charge in [-0.25, -0.2) is 23.4 Å². The van der Waals surface area contributed by atoms with E-state index in [1.54, 1.807) is 30.9 Å². The van der Waals surface area contributed by atoms with Crippen LogP contribution in [-0.2, 0) is 17.1 Å². The maximum absolute atomic E-state index is 12.8. The first kappa shape index (κ1) is 17.1. The summed E-state index contributed by atoms with van der Waals surface area (Å²) in [5, 5.41) is 1.14. The Morgan fingerprint density at radius 1 is 1.12 bits per heavy atom. The molecule has 1 saturated heterocycles. The van der Waals surface area contributed by atoms with Crippen LogP contribution in [0.2, 0.25) is 0 Å². The quantitative estimate of drug-likeness (QED) is 0.705. The van der Waals surface area contributed by atoms with Gasteiger partial charge in [0.15, 0.2) is 10.7 Å². The lowest BCUT2D eigenvalue weighted by Crippen LogP contribution is -2.38. The lowest BCUT2D eigenvalue weighted by atomic mass is 9.94. The van der Waals surface area contributed by atoms with Gasteiger partial charge in [0.1, 0.15) is 5.82 Å². The van der Waals surface area contributed by atoms with Crippen molar-refractivity contribution in [3.63, 3.8) is 0 Å². The average molecular weight is 371 g/mol. The number of sulfonamides is 1. The van der Waals surface area contributed by atoms with Crippen LogP contribution in [0, 0.1) is 6.92 Å². The highest BCUT2D eigenvalue weighted by atomic mass is 32.2. The van der Waals surface area contributed by atoms with E-state index >= 15 is 0 Å². The van der Waals surface area contributed by atoms with Crippen molar-refractivity contribution in [2.75, 3.05) is 13.1 Å². The Kier molecular flexibility index (Phi) is 4.24. The summed E-state index contributed by atoms with van der Waals surface area (Å²) < 4.78 is 28.9. The second-order valence-corrected chi connectivity index (χ2v) is 8.59. The van der Waals surface area contributed by atoms with Gasteiger partial charge in [0.2, 0.25) is 0 Å². The summed E-state index contributed by atoms with van der Waals surface area (Å²) in [4.78, 5) is 13.2. The lowest BCUT2D eigenvalue weighted by molar-refractivity contribution is 0.316. The van der Waals surface area contributed by atoms with E-state index in [2.05, 4.69) is 15.0 Å². The predicted molar refractivity (Wildman–Crippen MR) is 98.2 cm³/mol. The molecule has 1 aliphatic heterocycles. The minimum Gasteiger partial charge on any atom is -0.337 e. The van der Waals surface area contributed by atoms with Gasteiger partial charge in [0, 0.05) is 49.5 Å². The molecular weight excluding hydrogens is 350 g/mol. The molecule has 3 aromatic rings. The third-order valence-corrected chi connectivity index (χ3v) is 6.82. The van der Waals surface area contributed by atoms with Crippen LogP contribution in [0.4, 0.5) is 0 Å². The maximum atomic E-state index is 12.8. The smallest absolute Gasteiger partial charge is 0.262 e. The summed E-state index contributed by atoms with van der Waals surface area (Å²) >= 11 is 0. The molecule has 0 unspecified atom stereocenters. The number of imidazole rings is 1. The Hall–Kier alpha value is -2.32. The van der Waals surface area contributed by atoms with Crippen molar-refractivity contribution in [3.8, 4) is 0 Å². The van der Waals surface area contributed by atoms with E-state index in [9.17, 15) is 8.42 Å². The minimum absolute atomic E-state index is 0.129. The van der Waals surface area contributed by atoms with Crippen LogP contribution in [0.1, 0.15) is 30.3 Å². The third-order valence-electron chi connectivity index (χ3n) is 5.05. The normalized spacial score (nSPS) is 17.0. The van der Waals surface area contributed by atoms with Crippen LogP contribution in [0.25, 0.3) is 11.0 Å². The minimum atomic E-state index is -3.54. The van der Waals surface area contributed by atoms with Crippen molar-refractivity contribution in [3.05, 3.63) is 48.2 Å². The predicted octanol–water partition coefficient (Wildman–Crippen LogP) is 2.24. The number of aryl methyl sites for hydroxylation is 2. The zero-order valence-corrected chi connectivity index (χ0v) is 15.6. The second kappa shape index (κ2) is 6.44. The molecule has 0 saturated carbocycles.